The Morgan fingerprint density at radius 2 is 1.83 bits per heavy atom. The van der Waals surface area contributed by atoms with Gasteiger partial charge in [-0.05, 0) is 38.1 Å². The van der Waals surface area contributed by atoms with Crippen LogP contribution in [0.4, 0.5) is 0 Å². The Hall–Kier alpha value is 0.394. The van der Waals surface area contributed by atoms with Crippen LogP contribution in [-0.2, 0) is 0 Å². The highest BCUT2D eigenvalue weighted by molar-refractivity contribution is 6.87. The highest BCUT2D eigenvalue weighted by Crippen LogP contribution is 2.34. The van der Waals surface area contributed by atoms with Crippen molar-refractivity contribution in [3.05, 3.63) is 0 Å². The zero-order valence-electron chi connectivity index (χ0n) is 8.26. The van der Waals surface area contributed by atoms with E-state index in [1.54, 1.807) is 19.3 Å². The first-order valence-corrected chi connectivity index (χ1v) is 11.9. The van der Waals surface area contributed by atoms with Crippen LogP contribution in [-0.4, -0.2) is 36.1 Å². The van der Waals surface area contributed by atoms with Crippen LogP contribution in [0.3, 0.4) is 0 Å². The monoisotopic (exact) mass is 199 g/mol. The average Bonchev–Trinajstić information content (AvgIpc) is 2.17. The third-order valence-corrected chi connectivity index (χ3v) is 7.80. The van der Waals surface area contributed by atoms with Gasteiger partial charge >= 0.3 is 0 Å². The molecule has 0 N–H and O–H groups in total. The van der Waals surface area contributed by atoms with Gasteiger partial charge in [0.2, 0.25) is 0 Å². The third kappa shape index (κ3) is 1.68. The van der Waals surface area contributed by atoms with Crippen molar-refractivity contribution in [3.63, 3.8) is 0 Å². The van der Waals surface area contributed by atoms with E-state index in [-0.39, 0.29) is 9.20 Å². The van der Waals surface area contributed by atoms with Crippen LogP contribution < -0.4 is 0 Å². The maximum absolute atomic E-state index is 2.92. The zero-order valence-corrected chi connectivity index (χ0v) is 11.7. The lowest BCUT2D eigenvalue weighted by Gasteiger charge is -2.44. The quantitative estimate of drug-likeness (QED) is 0.538. The molecule has 1 saturated carbocycles. The number of piperidine rings is 1. The first kappa shape index (κ1) is 8.97. The molecule has 0 spiro atoms. The Labute approximate surface area is 81.0 Å². The predicted octanol–water partition coefficient (Wildman–Crippen LogP) is 0.00520. The molecule has 0 amide bonds. The van der Waals surface area contributed by atoms with Gasteiger partial charge in [0.05, 0.1) is 9.20 Å². The van der Waals surface area contributed by atoms with E-state index in [0.717, 1.165) is 12.0 Å². The molecule has 2 rings (SSSR count). The van der Waals surface area contributed by atoms with Gasteiger partial charge in [-0.3, -0.25) is 0 Å². The molecule has 70 valence electrons. The second-order valence-electron chi connectivity index (χ2n) is 4.38. The average molecular weight is 199 g/mol. The molecule has 2 fully saturated rings. The Balaban J connectivity index is 1.99. The molecule has 0 aromatic rings. The van der Waals surface area contributed by atoms with E-state index in [0.29, 0.717) is 0 Å². The van der Waals surface area contributed by atoms with Crippen LogP contribution in [0.25, 0.3) is 0 Å². The van der Waals surface area contributed by atoms with Gasteiger partial charge < -0.3 is 4.57 Å². The standard InChI is InChI=1S/C9H21NSi2/c11-12-10-7-3-5-8-4-1-2-6-9(8)10/h8-9H,1-7,12H2,11H3/t8-,9+/m0/s1. The van der Waals surface area contributed by atoms with Gasteiger partial charge in [0.25, 0.3) is 0 Å². The molecule has 0 radical (unpaired) electrons. The maximum Gasteiger partial charge on any atom is 0.0759 e. The van der Waals surface area contributed by atoms with E-state index >= 15 is 0 Å². The molecule has 2 aliphatic rings. The fourth-order valence-corrected chi connectivity index (χ4v) is 6.97. The molecule has 12 heavy (non-hydrogen) atoms. The van der Waals surface area contributed by atoms with E-state index < -0.39 is 0 Å². The minimum absolute atomic E-state index is 0.275. The molecule has 2 atom stereocenters. The van der Waals surface area contributed by atoms with Crippen molar-refractivity contribution < 1.29 is 0 Å². The van der Waals surface area contributed by atoms with E-state index in [2.05, 4.69) is 4.57 Å². The van der Waals surface area contributed by atoms with E-state index in [1.165, 1.54) is 35.6 Å². The van der Waals surface area contributed by atoms with Gasteiger partial charge in [0.1, 0.15) is 0 Å². The number of hydrogen-bond acceptors (Lipinski definition) is 1. The molecule has 1 nitrogen and oxygen atoms in total. The summed E-state index contributed by atoms with van der Waals surface area (Å²) >= 11 is 0. The van der Waals surface area contributed by atoms with E-state index in [9.17, 15) is 0 Å². The topological polar surface area (TPSA) is 3.24 Å². The first-order chi connectivity index (χ1) is 5.92. The summed E-state index contributed by atoms with van der Waals surface area (Å²) in [5.41, 5.74) is 0. The van der Waals surface area contributed by atoms with Crippen LogP contribution in [0.15, 0.2) is 0 Å². The Morgan fingerprint density at radius 1 is 1.08 bits per heavy atom. The van der Waals surface area contributed by atoms with Gasteiger partial charge in [-0.2, -0.15) is 0 Å². The second-order valence-corrected chi connectivity index (χ2v) is 7.72. The molecular formula is C9H21NSi2. The van der Waals surface area contributed by atoms with Crippen molar-refractivity contribution in [2.45, 2.75) is 44.6 Å². The summed E-state index contributed by atoms with van der Waals surface area (Å²) in [5, 5.41) is 0. The van der Waals surface area contributed by atoms with Gasteiger partial charge in [-0.1, -0.05) is 12.8 Å². The summed E-state index contributed by atoms with van der Waals surface area (Å²) in [6.45, 7) is 1.47. The smallest absolute Gasteiger partial charge is 0.0759 e. The summed E-state index contributed by atoms with van der Waals surface area (Å²) in [6.07, 6.45) is 9.20. The van der Waals surface area contributed by atoms with Crippen molar-refractivity contribution >= 4 is 19.0 Å². The van der Waals surface area contributed by atoms with Crippen LogP contribution in [0, 0.1) is 5.92 Å². The minimum atomic E-state index is 0.275. The predicted molar refractivity (Wildman–Crippen MR) is 60.2 cm³/mol. The summed E-state index contributed by atoms with van der Waals surface area (Å²) in [5.74, 6) is 1.12. The lowest BCUT2D eigenvalue weighted by molar-refractivity contribution is 0.130. The number of nitrogens with zero attached hydrogens (tertiary/aromatic N) is 1. The Kier molecular flexibility index (Phi) is 3.04. The Bertz CT molecular complexity index is 143. The number of hydrogen-bond donors (Lipinski definition) is 0. The lowest BCUT2D eigenvalue weighted by atomic mass is 9.79. The highest BCUT2D eigenvalue weighted by atomic mass is 29.1. The normalized spacial score (nSPS) is 39.0. The number of fused-ring (bicyclic) bond motifs is 1. The Morgan fingerprint density at radius 3 is 2.67 bits per heavy atom. The highest BCUT2D eigenvalue weighted by Gasteiger charge is 2.31. The number of rotatable bonds is 1. The van der Waals surface area contributed by atoms with Crippen molar-refractivity contribution in [3.8, 4) is 0 Å². The van der Waals surface area contributed by atoms with Crippen molar-refractivity contribution in [1.82, 2.24) is 4.57 Å². The van der Waals surface area contributed by atoms with Gasteiger partial charge in [0.15, 0.2) is 0 Å². The lowest BCUT2D eigenvalue weighted by Crippen LogP contribution is -2.48. The van der Waals surface area contributed by atoms with Crippen LogP contribution in [0.2, 0.25) is 0 Å². The van der Waals surface area contributed by atoms with Crippen LogP contribution >= 0.6 is 0 Å². The summed E-state index contributed by atoms with van der Waals surface area (Å²) in [6, 6.07) is 1.07. The largest absolute Gasteiger partial charge is 0.329 e. The van der Waals surface area contributed by atoms with Gasteiger partial charge in [0, 0.05) is 15.8 Å². The molecule has 0 aromatic carbocycles. The fraction of sp³-hybridized carbons (Fsp3) is 1.00. The molecule has 0 unspecified atom stereocenters. The van der Waals surface area contributed by atoms with Crippen LogP contribution in [0.1, 0.15) is 38.5 Å². The van der Waals surface area contributed by atoms with Gasteiger partial charge in [-0.25, -0.2) is 0 Å². The summed E-state index contributed by atoms with van der Waals surface area (Å²) in [4.78, 5) is 0. The first-order valence-electron chi connectivity index (χ1n) is 5.66. The SMILES string of the molecule is [SiH3][SiH2]N1CCC[C@@H]2CCCC[C@H]21. The molecule has 1 aliphatic carbocycles. The van der Waals surface area contributed by atoms with Crippen molar-refractivity contribution in [2.75, 3.05) is 6.54 Å². The molecule has 1 heterocycles. The van der Waals surface area contributed by atoms with Crippen molar-refractivity contribution in [2.24, 2.45) is 5.92 Å². The fourth-order valence-electron chi connectivity index (χ4n) is 3.12. The summed E-state index contributed by atoms with van der Waals surface area (Å²) < 4.78 is 2.92. The minimum Gasteiger partial charge on any atom is -0.329 e. The van der Waals surface area contributed by atoms with E-state index in [4.69, 9.17) is 0 Å². The molecule has 0 aromatic heterocycles. The molecule has 0 bridgehead atoms. The molecular weight excluding hydrogens is 178 g/mol. The molecule has 3 heteroatoms. The maximum atomic E-state index is 2.92. The van der Waals surface area contributed by atoms with Crippen LogP contribution in [0.5, 0.6) is 0 Å². The summed E-state index contributed by atoms with van der Waals surface area (Å²) in [7, 11) is 1.78. The van der Waals surface area contributed by atoms with Gasteiger partial charge in [-0.15, -0.1) is 0 Å². The third-order valence-electron chi connectivity index (χ3n) is 3.76. The molecule has 1 aliphatic heterocycles. The van der Waals surface area contributed by atoms with E-state index in [1.807, 2.05) is 0 Å². The second kappa shape index (κ2) is 4.07. The van der Waals surface area contributed by atoms with Crippen molar-refractivity contribution in [1.29, 1.82) is 0 Å². The molecule has 1 saturated heterocycles. The zero-order chi connectivity index (χ0) is 8.39.